The number of aromatic nitrogens is 2. The first-order valence-electron chi connectivity index (χ1n) is 9.90. The van der Waals surface area contributed by atoms with Crippen molar-refractivity contribution < 1.29 is 14.3 Å². The number of carbonyl (C=O) groups is 2. The molecule has 150 valence electrons. The minimum absolute atomic E-state index is 0.0270. The predicted molar refractivity (Wildman–Crippen MR) is 106 cm³/mol. The van der Waals surface area contributed by atoms with Crippen LogP contribution in [-0.4, -0.2) is 46.0 Å². The van der Waals surface area contributed by atoms with E-state index in [-0.39, 0.29) is 18.4 Å². The van der Waals surface area contributed by atoms with Gasteiger partial charge in [-0.05, 0) is 37.5 Å². The molecule has 0 bridgehead atoms. The molecular formula is C21H28N4O3. The van der Waals surface area contributed by atoms with Crippen LogP contribution in [0.15, 0.2) is 36.7 Å². The van der Waals surface area contributed by atoms with Gasteiger partial charge in [-0.1, -0.05) is 19.4 Å². The van der Waals surface area contributed by atoms with Gasteiger partial charge in [-0.2, -0.15) is 0 Å². The van der Waals surface area contributed by atoms with Crippen LogP contribution in [-0.2, 0) is 11.3 Å². The van der Waals surface area contributed by atoms with Gasteiger partial charge in [0, 0.05) is 43.5 Å². The molecule has 0 saturated carbocycles. The maximum atomic E-state index is 13.0. The lowest BCUT2D eigenvalue weighted by molar-refractivity contribution is -0.119. The minimum atomic E-state index is -0.547. The summed E-state index contributed by atoms with van der Waals surface area (Å²) in [5, 5.41) is 0. The maximum absolute atomic E-state index is 13.0. The standard InChI is InChI=1S/C21H28N4O3/c1-2-3-10-24-12-9-23-20(24)17-7-5-11-25(14-17)21(27)16-6-4-8-18(13-16)28-15-19(22)26/h4,6,8-9,12-13,17H,2-3,5,7,10-11,14-15H2,1H3,(H2,22,26)/t17-/m0/s1. The first kappa shape index (κ1) is 19.9. The third-order valence-electron chi connectivity index (χ3n) is 5.04. The molecule has 1 aliphatic heterocycles. The molecule has 3 rings (SSSR count). The van der Waals surface area contributed by atoms with Crippen LogP contribution in [0.25, 0.3) is 0 Å². The van der Waals surface area contributed by atoms with Gasteiger partial charge in [-0.15, -0.1) is 0 Å². The fourth-order valence-corrected chi connectivity index (χ4v) is 3.63. The van der Waals surface area contributed by atoms with Gasteiger partial charge in [-0.25, -0.2) is 4.98 Å². The number of aryl methyl sites for hydroxylation is 1. The molecule has 1 atom stereocenters. The molecule has 1 saturated heterocycles. The molecule has 1 fully saturated rings. The summed E-state index contributed by atoms with van der Waals surface area (Å²) < 4.78 is 7.54. The normalized spacial score (nSPS) is 16.8. The number of hydrogen-bond donors (Lipinski definition) is 1. The molecular weight excluding hydrogens is 356 g/mol. The van der Waals surface area contributed by atoms with E-state index in [4.69, 9.17) is 10.5 Å². The van der Waals surface area contributed by atoms with Crippen molar-refractivity contribution in [3.63, 3.8) is 0 Å². The summed E-state index contributed by atoms with van der Waals surface area (Å²) in [5.41, 5.74) is 5.66. The van der Waals surface area contributed by atoms with Crippen molar-refractivity contribution in [2.75, 3.05) is 19.7 Å². The summed E-state index contributed by atoms with van der Waals surface area (Å²) >= 11 is 0. The van der Waals surface area contributed by atoms with Crippen LogP contribution in [0, 0.1) is 0 Å². The number of unbranched alkanes of at least 4 members (excludes halogenated alkanes) is 1. The lowest BCUT2D eigenvalue weighted by Crippen LogP contribution is -2.39. The summed E-state index contributed by atoms with van der Waals surface area (Å²) in [4.78, 5) is 30.4. The van der Waals surface area contributed by atoms with Gasteiger partial charge in [0.05, 0.1) is 0 Å². The number of likely N-dealkylation sites (tertiary alicyclic amines) is 1. The van der Waals surface area contributed by atoms with E-state index in [2.05, 4.69) is 16.5 Å². The van der Waals surface area contributed by atoms with Gasteiger partial charge in [0.2, 0.25) is 0 Å². The fourth-order valence-electron chi connectivity index (χ4n) is 3.63. The Kier molecular flexibility index (Phi) is 6.68. The molecule has 7 heteroatoms. The molecule has 0 aliphatic carbocycles. The number of rotatable bonds is 8. The van der Waals surface area contributed by atoms with Crippen molar-refractivity contribution in [3.05, 3.63) is 48.0 Å². The Morgan fingerprint density at radius 1 is 1.36 bits per heavy atom. The number of ether oxygens (including phenoxy) is 1. The van der Waals surface area contributed by atoms with E-state index >= 15 is 0 Å². The van der Waals surface area contributed by atoms with Crippen LogP contribution in [0.1, 0.15) is 54.7 Å². The second-order valence-corrected chi connectivity index (χ2v) is 7.21. The lowest BCUT2D eigenvalue weighted by atomic mass is 9.96. The highest BCUT2D eigenvalue weighted by atomic mass is 16.5. The first-order valence-corrected chi connectivity index (χ1v) is 9.90. The molecule has 7 nitrogen and oxygen atoms in total. The van der Waals surface area contributed by atoms with E-state index < -0.39 is 5.91 Å². The number of amides is 2. The first-order chi connectivity index (χ1) is 13.6. The summed E-state index contributed by atoms with van der Waals surface area (Å²) in [7, 11) is 0. The van der Waals surface area contributed by atoms with Gasteiger partial charge in [0.15, 0.2) is 6.61 Å². The topological polar surface area (TPSA) is 90.4 Å². The van der Waals surface area contributed by atoms with E-state index in [1.807, 2.05) is 17.3 Å². The SMILES string of the molecule is CCCCn1ccnc1[C@H]1CCCN(C(=O)c2cccc(OCC(N)=O)c2)C1. The second-order valence-electron chi connectivity index (χ2n) is 7.21. The van der Waals surface area contributed by atoms with Gasteiger partial charge in [0.1, 0.15) is 11.6 Å². The van der Waals surface area contributed by atoms with Crippen molar-refractivity contribution >= 4 is 11.8 Å². The number of carbonyl (C=O) groups excluding carboxylic acids is 2. The Morgan fingerprint density at radius 2 is 2.21 bits per heavy atom. The van der Waals surface area contributed by atoms with E-state index in [9.17, 15) is 9.59 Å². The van der Waals surface area contributed by atoms with E-state index in [1.165, 1.54) is 0 Å². The number of nitrogens with zero attached hydrogens (tertiary/aromatic N) is 3. The Morgan fingerprint density at radius 3 is 3.00 bits per heavy atom. The largest absolute Gasteiger partial charge is 0.484 e. The van der Waals surface area contributed by atoms with Crippen molar-refractivity contribution in [2.45, 2.75) is 45.1 Å². The van der Waals surface area contributed by atoms with Crippen LogP contribution in [0.3, 0.4) is 0 Å². The number of benzene rings is 1. The smallest absolute Gasteiger partial charge is 0.255 e. The van der Waals surface area contributed by atoms with Crippen molar-refractivity contribution in [3.8, 4) is 5.75 Å². The van der Waals surface area contributed by atoms with Crippen molar-refractivity contribution in [1.29, 1.82) is 0 Å². The molecule has 2 N–H and O–H groups in total. The highest BCUT2D eigenvalue weighted by Crippen LogP contribution is 2.27. The van der Waals surface area contributed by atoms with Gasteiger partial charge in [0.25, 0.3) is 11.8 Å². The third-order valence-corrected chi connectivity index (χ3v) is 5.04. The lowest BCUT2D eigenvalue weighted by Gasteiger charge is -2.33. The monoisotopic (exact) mass is 384 g/mol. The zero-order valence-corrected chi connectivity index (χ0v) is 16.3. The zero-order valence-electron chi connectivity index (χ0n) is 16.3. The molecule has 1 aromatic heterocycles. The fraction of sp³-hybridized carbons (Fsp3) is 0.476. The summed E-state index contributed by atoms with van der Waals surface area (Å²) in [6.45, 7) is 4.34. The van der Waals surface area contributed by atoms with Crippen LogP contribution >= 0.6 is 0 Å². The quantitative estimate of drug-likeness (QED) is 0.757. The van der Waals surface area contributed by atoms with Gasteiger partial charge in [-0.3, -0.25) is 9.59 Å². The molecule has 1 aliphatic rings. The number of piperidine rings is 1. The molecule has 28 heavy (non-hydrogen) atoms. The summed E-state index contributed by atoms with van der Waals surface area (Å²) in [6.07, 6.45) is 8.14. The highest BCUT2D eigenvalue weighted by molar-refractivity contribution is 5.94. The predicted octanol–water partition coefficient (Wildman–Crippen LogP) is 2.57. The molecule has 2 amide bonds. The number of primary amides is 1. The number of nitrogens with two attached hydrogens (primary N) is 1. The zero-order chi connectivity index (χ0) is 19.9. The number of hydrogen-bond acceptors (Lipinski definition) is 4. The van der Waals surface area contributed by atoms with Crippen LogP contribution in [0.5, 0.6) is 5.75 Å². The van der Waals surface area contributed by atoms with E-state index in [0.29, 0.717) is 17.9 Å². The molecule has 0 unspecified atom stereocenters. The van der Waals surface area contributed by atoms with Gasteiger partial charge >= 0.3 is 0 Å². The molecule has 2 heterocycles. The van der Waals surface area contributed by atoms with Crippen LogP contribution in [0.2, 0.25) is 0 Å². The molecule has 2 aromatic rings. The Bertz CT molecular complexity index is 817. The van der Waals surface area contributed by atoms with Crippen LogP contribution in [0.4, 0.5) is 0 Å². The maximum Gasteiger partial charge on any atom is 0.255 e. The Hall–Kier alpha value is -2.83. The van der Waals surface area contributed by atoms with E-state index in [1.54, 1.807) is 24.3 Å². The average molecular weight is 384 g/mol. The second kappa shape index (κ2) is 9.39. The van der Waals surface area contributed by atoms with Gasteiger partial charge < -0.3 is 19.9 Å². The molecule has 0 spiro atoms. The van der Waals surface area contributed by atoms with Crippen molar-refractivity contribution in [1.82, 2.24) is 14.5 Å². The summed E-state index contributed by atoms with van der Waals surface area (Å²) in [5.74, 6) is 1.21. The van der Waals surface area contributed by atoms with Crippen molar-refractivity contribution in [2.24, 2.45) is 5.73 Å². The van der Waals surface area contributed by atoms with E-state index in [0.717, 1.165) is 44.6 Å². The Balaban J connectivity index is 1.69. The molecule has 1 aromatic carbocycles. The third kappa shape index (κ3) is 4.91. The number of imidazole rings is 1. The Labute approximate surface area is 165 Å². The minimum Gasteiger partial charge on any atom is -0.484 e. The van der Waals surface area contributed by atoms with Crippen LogP contribution < -0.4 is 10.5 Å². The molecule has 0 radical (unpaired) electrons. The summed E-state index contributed by atoms with van der Waals surface area (Å²) in [6, 6.07) is 6.90. The highest BCUT2D eigenvalue weighted by Gasteiger charge is 2.28. The average Bonchev–Trinajstić information content (AvgIpc) is 3.19.